The van der Waals surface area contributed by atoms with Crippen LogP contribution in [0.15, 0.2) is 18.2 Å². The number of anilines is 2. The summed E-state index contributed by atoms with van der Waals surface area (Å²) in [6.45, 7) is 6.26. The lowest BCUT2D eigenvalue weighted by atomic mass is 9.95. The second kappa shape index (κ2) is 12.0. The van der Waals surface area contributed by atoms with Crippen LogP contribution in [0.1, 0.15) is 44.9 Å². The van der Waals surface area contributed by atoms with Crippen molar-refractivity contribution in [3.05, 3.63) is 34.9 Å². The van der Waals surface area contributed by atoms with Crippen molar-refractivity contribution in [3.63, 3.8) is 0 Å². The van der Waals surface area contributed by atoms with Gasteiger partial charge in [0.15, 0.2) is 10.9 Å². The second-order valence-corrected chi connectivity index (χ2v) is 14.7. The molecule has 2 aromatic heterocycles. The van der Waals surface area contributed by atoms with E-state index in [1.165, 1.54) is 12.1 Å². The summed E-state index contributed by atoms with van der Waals surface area (Å²) in [4.78, 5) is 21.5. The number of fused-ring (bicyclic) bond motifs is 5. The molecular formula is C33H39ClF2N8OS. The highest BCUT2D eigenvalue weighted by Crippen LogP contribution is 2.44. The molecule has 2 atom stereocenters. The van der Waals surface area contributed by atoms with Crippen LogP contribution < -0.4 is 20.7 Å². The number of aromatic nitrogens is 3. The second-order valence-electron chi connectivity index (χ2n) is 13.3. The quantitative estimate of drug-likeness (QED) is 0.218. The van der Waals surface area contributed by atoms with Gasteiger partial charge in [-0.15, -0.1) is 0 Å². The number of nitrogens with two attached hydrogens (primary N) is 1. The lowest BCUT2D eigenvalue weighted by Gasteiger charge is -2.42. The molecule has 4 aromatic rings. The van der Waals surface area contributed by atoms with Crippen molar-refractivity contribution in [3.8, 4) is 17.1 Å². The third-order valence-electron chi connectivity index (χ3n) is 10.7. The van der Waals surface area contributed by atoms with Crippen LogP contribution in [0.4, 0.5) is 19.7 Å². The number of nitrogen functional groups attached to an aromatic ring is 1. The van der Waals surface area contributed by atoms with Crippen LogP contribution in [-0.2, 0) is 0 Å². The number of hydrogen-bond donors (Lipinski definition) is 2. The minimum absolute atomic E-state index is 0.00940. The summed E-state index contributed by atoms with van der Waals surface area (Å²) in [6, 6.07) is 5.53. The zero-order valence-electron chi connectivity index (χ0n) is 26.0. The summed E-state index contributed by atoms with van der Waals surface area (Å²) in [5.41, 5.74) is 6.84. The normalized spacial score (nSPS) is 22.8. The number of nitrogens with one attached hydrogen (secondary N) is 1. The van der Waals surface area contributed by atoms with Crippen LogP contribution in [-0.4, -0.2) is 95.3 Å². The highest BCUT2D eigenvalue weighted by molar-refractivity contribution is 7.22. The van der Waals surface area contributed by atoms with Gasteiger partial charge in [-0.25, -0.2) is 13.8 Å². The number of halogens is 3. The number of hydrogen-bond acceptors (Lipinski definition) is 10. The van der Waals surface area contributed by atoms with Crippen molar-refractivity contribution in [2.75, 3.05) is 63.6 Å². The highest BCUT2D eigenvalue weighted by atomic mass is 35.5. The van der Waals surface area contributed by atoms with Crippen LogP contribution >= 0.6 is 22.9 Å². The molecule has 6 heterocycles. The zero-order valence-corrected chi connectivity index (χ0v) is 27.6. The SMILES string of the molecule is CNCCCN1C2CCC1CN(c1nc(OCC34CCCN3CCC4)nc3c(F)c(-c4ccc(F)c5sc(N)nc45)c(Cl)cc13)C2. The molecule has 8 rings (SSSR count). The number of rotatable bonds is 9. The minimum Gasteiger partial charge on any atom is -0.461 e. The average molecular weight is 669 g/mol. The summed E-state index contributed by atoms with van der Waals surface area (Å²) in [6.07, 6.45) is 7.82. The molecule has 4 saturated heterocycles. The van der Waals surface area contributed by atoms with Crippen LogP contribution in [0.5, 0.6) is 6.01 Å². The molecule has 3 N–H and O–H groups in total. The molecule has 13 heteroatoms. The Hall–Kier alpha value is -2.90. The van der Waals surface area contributed by atoms with Crippen molar-refractivity contribution < 1.29 is 13.5 Å². The lowest BCUT2D eigenvalue weighted by Crippen LogP contribution is -2.54. The standard InChI is InChI=1S/C33H39ClF2N8OS/c1-38-11-4-14-44-19-5-6-20(44)17-42(16-19)30-22-15-23(34)25(21-7-8-24(35)29-28(21)39-31(37)46-29)26(36)27(22)40-32(41-30)45-18-33-9-2-12-43(33)13-3-10-33/h7-8,15,19-20,38H,2-6,9-14,16-18H2,1H3,(H2,37,39). The number of nitrogens with zero attached hydrogens (tertiary/aromatic N) is 6. The number of thiazole rings is 1. The van der Waals surface area contributed by atoms with Gasteiger partial charge in [0.2, 0.25) is 0 Å². The zero-order chi connectivity index (χ0) is 31.6. The third kappa shape index (κ3) is 5.08. The van der Waals surface area contributed by atoms with Gasteiger partial charge in [0.1, 0.15) is 23.8 Å². The summed E-state index contributed by atoms with van der Waals surface area (Å²) < 4.78 is 38.3. The van der Waals surface area contributed by atoms with E-state index in [0.29, 0.717) is 35.5 Å². The van der Waals surface area contributed by atoms with E-state index < -0.39 is 11.6 Å². The Morgan fingerprint density at radius 2 is 1.85 bits per heavy atom. The van der Waals surface area contributed by atoms with Crippen LogP contribution in [0, 0.1) is 11.6 Å². The summed E-state index contributed by atoms with van der Waals surface area (Å²) in [5, 5.41) is 4.18. The van der Waals surface area contributed by atoms with E-state index >= 15 is 4.39 Å². The van der Waals surface area contributed by atoms with Crippen molar-refractivity contribution in [1.82, 2.24) is 30.1 Å². The van der Waals surface area contributed by atoms with E-state index in [0.717, 1.165) is 95.6 Å². The Bertz CT molecular complexity index is 1780. The lowest BCUT2D eigenvalue weighted by molar-refractivity contribution is 0.107. The van der Waals surface area contributed by atoms with Gasteiger partial charge in [0.05, 0.1) is 20.8 Å². The highest BCUT2D eigenvalue weighted by Gasteiger charge is 2.45. The summed E-state index contributed by atoms with van der Waals surface area (Å²) in [7, 11) is 1.99. The molecule has 4 aliphatic heterocycles. The number of piperazine rings is 1. The first-order valence-corrected chi connectivity index (χ1v) is 17.6. The molecule has 4 fully saturated rings. The van der Waals surface area contributed by atoms with Gasteiger partial charge in [-0.2, -0.15) is 9.97 Å². The van der Waals surface area contributed by atoms with E-state index in [1.54, 1.807) is 6.07 Å². The van der Waals surface area contributed by atoms with Gasteiger partial charge >= 0.3 is 6.01 Å². The molecule has 4 aliphatic rings. The Labute approximate surface area is 276 Å². The minimum atomic E-state index is -0.606. The third-order valence-corrected chi connectivity index (χ3v) is 11.9. The Kier molecular flexibility index (Phi) is 7.92. The maximum absolute atomic E-state index is 16.9. The summed E-state index contributed by atoms with van der Waals surface area (Å²) in [5.74, 6) is -0.420. The van der Waals surface area contributed by atoms with Crippen molar-refractivity contribution in [2.45, 2.75) is 62.6 Å². The molecule has 0 amide bonds. The first-order chi connectivity index (χ1) is 22.3. The monoisotopic (exact) mass is 668 g/mol. The van der Waals surface area contributed by atoms with Gasteiger partial charge in [0, 0.05) is 48.2 Å². The largest absolute Gasteiger partial charge is 0.461 e. The van der Waals surface area contributed by atoms with Gasteiger partial charge in [0.25, 0.3) is 0 Å². The van der Waals surface area contributed by atoms with Crippen LogP contribution in [0.2, 0.25) is 5.02 Å². The van der Waals surface area contributed by atoms with E-state index in [4.69, 9.17) is 32.0 Å². The maximum atomic E-state index is 16.9. The van der Waals surface area contributed by atoms with Crippen LogP contribution in [0.25, 0.3) is 32.2 Å². The Morgan fingerprint density at radius 3 is 2.59 bits per heavy atom. The van der Waals surface area contributed by atoms with E-state index in [2.05, 4.69) is 25.0 Å². The summed E-state index contributed by atoms with van der Waals surface area (Å²) >= 11 is 7.92. The molecule has 9 nitrogen and oxygen atoms in total. The van der Waals surface area contributed by atoms with Crippen molar-refractivity contribution in [1.29, 1.82) is 0 Å². The maximum Gasteiger partial charge on any atom is 0.319 e. The smallest absolute Gasteiger partial charge is 0.319 e. The molecule has 0 spiro atoms. The number of benzene rings is 2. The topological polar surface area (TPSA) is 95.7 Å². The van der Waals surface area contributed by atoms with Crippen molar-refractivity contribution in [2.24, 2.45) is 0 Å². The molecule has 2 aromatic carbocycles. The predicted molar refractivity (Wildman–Crippen MR) is 180 cm³/mol. The average Bonchev–Trinajstić information content (AvgIpc) is 3.79. The molecule has 0 radical (unpaired) electrons. The van der Waals surface area contributed by atoms with E-state index in [9.17, 15) is 4.39 Å². The first-order valence-electron chi connectivity index (χ1n) is 16.4. The molecule has 0 aliphatic carbocycles. The fourth-order valence-electron chi connectivity index (χ4n) is 8.53. The molecular weight excluding hydrogens is 630 g/mol. The molecule has 0 saturated carbocycles. The van der Waals surface area contributed by atoms with Gasteiger partial charge < -0.3 is 20.7 Å². The molecule has 244 valence electrons. The Balaban J connectivity index is 1.22. The Morgan fingerprint density at radius 1 is 1.09 bits per heavy atom. The predicted octanol–water partition coefficient (Wildman–Crippen LogP) is 5.69. The fourth-order valence-corrected chi connectivity index (χ4v) is 9.59. The van der Waals surface area contributed by atoms with E-state index in [1.807, 2.05) is 7.05 Å². The molecule has 2 unspecified atom stereocenters. The van der Waals surface area contributed by atoms with Gasteiger partial charge in [-0.3, -0.25) is 9.80 Å². The van der Waals surface area contributed by atoms with Crippen LogP contribution in [0.3, 0.4) is 0 Å². The van der Waals surface area contributed by atoms with Gasteiger partial charge in [-0.1, -0.05) is 22.9 Å². The van der Waals surface area contributed by atoms with E-state index in [-0.39, 0.29) is 43.0 Å². The first kappa shape index (κ1) is 30.4. The molecule has 2 bridgehead atoms. The van der Waals surface area contributed by atoms with Crippen molar-refractivity contribution >= 4 is 55.0 Å². The number of ether oxygens (including phenoxy) is 1. The molecule has 46 heavy (non-hydrogen) atoms. The van der Waals surface area contributed by atoms with Gasteiger partial charge in [-0.05, 0) is 89.8 Å². The fraction of sp³-hybridized carbons (Fsp3) is 0.545.